The molecule has 0 aliphatic carbocycles. The third kappa shape index (κ3) is 3.65. The summed E-state index contributed by atoms with van der Waals surface area (Å²) in [5, 5.41) is 3.33. The Balaban J connectivity index is 2.12. The van der Waals surface area contributed by atoms with E-state index >= 15 is 0 Å². The summed E-state index contributed by atoms with van der Waals surface area (Å²) < 4.78 is 41.5. The monoisotopic (exact) mass is 333 g/mol. The molecule has 0 aliphatic rings. The van der Waals surface area contributed by atoms with E-state index in [4.69, 9.17) is 0 Å². The van der Waals surface area contributed by atoms with E-state index in [0.717, 1.165) is 4.88 Å². The van der Waals surface area contributed by atoms with Crippen molar-refractivity contribution >= 4 is 17.2 Å². The van der Waals surface area contributed by atoms with E-state index in [1.54, 1.807) is 37.9 Å². The van der Waals surface area contributed by atoms with Gasteiger partial charge in [-0.3, -0.25) is 4.79 Å². The molecule has 22 heavy (non-hydrogen) atoms. The summed E-state index contributed by atoms with van der Waals surface area (Å²) in [5.74, 6) is -1.60. The maximum atomic E-state index is 12.4. The molecule has 9 heteroatoms. The van der Waals surface area contributed by atoms with E-state index in [0.29, 0.717) is 11.4 Å². The Bertz CT molecular complexity index is 664. The number of rotatable bonds is 4. The van der Waals surface area contributed by atoms with Gasteiger partial charge in [-0.2, -0.15) is 18.2 Å². The second-order valence-electron chi connectivity index (χ2n) is 5.04. The maximum absolute atomic E-state index is 12.4. The third-order valence-electron chi connectivity index (χ3n) is 2.81. The van der Waals surface area contributed by atoms with Crippen LogP contribution in [0.3, 0.4) is 0 Å². The number of hydrogen-bond donors (Lipinski definition) is 0. The van der Waals surface area contributed by atoms with Gasteiger partial charge in [-0.25, -0.2) is 0 Å². The van der Waals surface area contributed by atoms with Gasteiger partial charge in [0.15, 0.2) is 0 Å². The van der Waals surface area contributed by atoms with Crippen molar-refractivity contribution in [1.82, 2.24) is 15.0 Å². The SMILES string of the molecule is CC(C)C(=O)N(C)Cc1ccc(-c2noc(C(F)(F)F)n2)s1. The predicted octanol–water partition coefficient (Wildman–Crippen LogP) is 3.43. The lowest BCUT2D eigenvalue weighted by molar-refractivity contribution is -0.159. The molecule has 2 aromatic heterocycles. The zero-order chi connectivity index (χ0) is 16.5. The van der Waals surface area contributed by atoms with Crippen LogP contribution in [0.5, 0.6) is 0 Å². The van der Waals surface area contributed by atoms with Gasteiger partial charge in [-0.15, -0.1) is 11.3 Å². The van der Waals surface area contributed by atoms with Gasteiger partial charge in [0.25, 0.3) is 0 Å². The van der Waals surface area contributed by atoms with E-state index in [2.05, 4.69) is 14.7 Å². The number of alkyl halides is 3. The van der Waals surface area contributed by atoms with Gasteiger partial charge in [0, 0.05) is 17.8 Å². The van der Waals surface area contributed by atoms with Gasteiger partial charge in [-0.05, 0) is 12.1 Å². The van der Waals surface area contributed by atoms with E-state index in [9.17, 15) is 18.0 Å². The normalized spacial score (nSPS) is 12.0. The molecule has 0 unspecified atom stereocenters. The van der Waals surface area contributed by atoms with Gasteiger partial charge in [0.2, 0.25) is 11.7 Å². The Hall–Kier alpha value is -1.90. The van der Waals surface area contributed by atoms with Crippen LogP contribution in [-0.2, 0) is 17.5 Å². The number of halogens is 3. The van der Waals surface area contributed by atoms with Gasteiger partial charge in [0.05, 0.1) is 11.4 Å². The Kier molecular flexibility index (Phi) is 4.55. The summed E-state index contributed by atoms with van der Waals surface area (Å²) in [6.45, 7) is 3.99. The van der Waals surface area contributed by atoms with E-state index in [1.807, 2.05) is 0 Å². The molecule has 0 radical (unpaired) electrons. The van der Waals surface area contributed by atoms with E-state index in [1.165, 1.54) is 11.3 Å². The number of carbonyl (C=O) groups is 1. The molecular formula is C13H14F3N3O2S. The fourth-order valence-electron chi connectivity index (χ4n) is 1.77. The number of hydrogen-bond acceptors (Lipinski definition) is 5. The first-order valence-electron chi connectivity index (χ1n) is 6.43. The molecule has 0 spiro atoms. The molecule has 120 valence electrons. The molecule has 2 aromatic rings. The van der Waals surface area contributed by atoms with Crippen molar-refractivity contribution in [3.63, 3.8) is 0 Å². The van der Waals surface area contributed by atoms with E-state index in [-0.39, 0.29) is 17.6 Å². The molecule has 1 amide bonds. The second-order valence-corrected chi connectivity index (χ2v) is 6.20. The maximum Gasteiger partial charge on any atom is 0.471 e. The molecule has 2 heterocycles. The van der Waals surface area contributed by atoms with Crippen LogP contribution in [0.25, 0.3) is 10.7 Å². The first kappa shape index (κ1) is 16.5. The Morgan fingerprint density at radius 2 is 2.09 bits per heavy atom. The van der Waals surface area contributed by atoms with Crippen molar-refractivity contribution in [2.75, 3.05) is 7.05 Å². The molecule has 0 aliphatic heterocycles. The van der Waals surface area contributed by atoms with Crippen molar-refractivity contribution in [3.05, 3.63) is 22.9 Å². The minimum atomic E-state index is -4.66. The van der Waals surface area contributed by atoms with E-state index < -0.39 is 12.1 Å². The summed E-state index contributed by atoms with van der Waals surface area (Å²) in [7, 11) is 1.68. The summed E-state index contributed by atoms with van der Waals surface area (Å²) in [5.41, 5.74) is 0. The van der Waals surface area contributed by atoms with Crippen molar-refractivity contribution in [3.8, 4) is 10.7 Å². The van der Waals surface area contributed by atoms with Crippen LogP contribution in [-0.4, -0.2) is 28.0 Å². The molecule has 0 bridgehead atoms. The number of nitrogens with zero attached hydrogens (tertiary/aromatic N) is 3. The molecule has 0 N–H and O–H groups in total. The van der Waals surface area contributed by atoms with Crippen molar-refractivity contribution in [2.24, 2.45) is 5.92 Å². The Morgan fingerprint density at radius 1 is 1.41 bits per heavy atom. The lowest BCUT2D eigenvalue weighted by Gasteiger charge is -2.18. The lowest BCUT2D eigenvalue weighted by atomic mass is 10.2. The van der Waals surface area contributed by atoms with Crippen molar-refractivity contribution in [2.45, 2.75) is 26.6 Å². The first-order chi connectivity index (χ1) is 10.2. The topological polar surface area (TPSA) is 59.2 Å². The minimum Gasteiger partial charge on any atom is -0.340 e. The Labute approximate surface area is 128 Å². The molecule has 0 aromatic carbocycles. The van der Waals surface area contributed by atoms with Crippen molar-refractivity contribution < 1.29 is 22.5 Å². The smallest absolute Gasteiger partial charge is 0.340 e. The summed E-state index contributed by atoms with van der Waals surface area (Å²) >= 11 is 1.22. The molecule has 0 fully saturated rings. The van der Waals surface area contributed by atoms with Crippen LogP contribution >= 0.6 is 11.3 Å². The van der Waals surface area contributed by atoms with Gasteiger partial charge >= 0.3 is 12.1 Å². The highest BCUT2D eigenvalue weighted by molar-refractivity contribution is 7.15. The highest BCUT2D eigenvalue weighted by Gasteiger charge is 2.38. The zero-order valence-electron chi connectivity index (χ0n) is 12.1. The van der Waals surface area contributed by atoms with Crippen LogP contribution in [0.4, 0.5) is 13.2 Å². The quantitative estimate of drug-likeness (QED) is 0.860. The highest BCUT2D eigenvalue weighted by atomic mass is 32.1. The number of thiophene rings is 1. The van der Waals surface area contributed by atoms with Crippen LogP contribution < -0.4 is 0 Å². The molecule has 0 saturated heterocycles. The second kappa shape index (κ2) is 6.07. The third-order valence-corrected chi connectivity index (χ3v) is 3.88. The largest absolute Gasteiger partial charge is 0.471 e. The molecular weight excluding hydrogens is 319 g/mol. The highest BCUT2D eigenvalue weighted by Crippen LogP contribution is 2.32. The summed E-state index contributed by atoms with van der Waals surface area (Å²) in [4.78, 5) is 18.0. The molecule has 0 saturated carbocycles. The molecule has 0 atom stereocenters. The number of carbonyl (C=O) groups excluding carboxylic acids is 1. The number of aromatic nitrogens is 2. The van der Waals surface area contributed by atoms with Crippen LogP contribution in [0, 0.1) is 5.92 Å². The minimum absolute atomic E-state index is 0.00568. The van der Waals surface area contributed by atoms with Gasteiger partial charge < -0.3 is 9.42 Å². The molecule has 5 nitrogen and oxygen atoms in total. The van der Waals surface area contributed by atoms with Crippen LogP contribution in [0.15, 0.2) is 16.7 Å². The van der Waals surface area contributed by atoms with Crippen LogP contribution in [0.1, 0.15) is 24.6 Å². The number of amides is 1. The van der Waals surface area contributed by atoms with Gasteiger partial charge in [0.1, 0.15) is 0 Å². The fourth-order valence-corrected chi connectivity index (χ4v) is 2.76. The van der Waals surface area contributed by atoms with Crippen molar-refractivity contribution in [1.29, 1.82) is 0 Å². The lowest BCUT2D eigenvalue weighted by Crippen LogP contribution is -2.29. The summed E-state index contributed by atoms with van der Waals surface area (Å²) in [6.07, 6.45) is -4.66. The summed E-state index contributed by atoms with van der Waals surface area (Å²) in [6, 6.07) is 3.34. The average Bonchev–Trinajstić information content (AvgIpc) is 3.04. The average molecular weight is 333 g/mol. The van der Waals surface area contributed by atoms with Gasteiger partial charge in [-0.1, -0.05) is 19.0 Å². The fraction of sp³-hybridized carbons (Fsp3) is 0.462. The standard InChI is InChI=1S/C13H14F3N3O2S/c1-7(2)11(20)19(3)6-8-4-5-9(22-8)10-17-12(21-18-10)13(14,15)16/h4-5,7H,6H2,1-3H3. The Morgan fingerprint density at radius 3 is 2.64 bits per heavy atom. The first-order valence-corrected chi connectivity index (χ1v) is 7.25. The van der Waals surface area contributed by atoms with Crippen LogP contribution in [0.2, 0.25) is 0 Å². The zero-order valence-corrected chi connectivity index (χ0v) is 13.0. The molecule has 2 rings (SSSR count). The predicted molar refractivity (Wildman–Crippen MR) is 73.9 cm³/mol.